The fourth-order valence-corrected chi connectivity index (χ4v) is 4.14. The number of aliphatic imine (C=N–C) groups is 1. The van der Waals surface area contributed by atoms with Crippen molar-refractivity contribution in [2.75, 3.05) is 7.05 Å². The Kier molecular flexibility index (Phi) is 6.17. The third kappa shape index (κ3) is 4.11. The molecular formula is C24H32N2O2. The van der Waals surface area contributed by atoms with Gasteiger partial charge in [-0.25, -0.2) is 0 Å². The minimum Gasteiger partial charge on any atom is -0.354 e. The molecular weight excluding hydrogens is 348 g/mol. The monoisotopic (exact) mass is 380 g/mol. The van der Waals surface area contributed by atoms with Crippen LogP contribution in [0.15, 0.2) is 47.0 Å². The van der Waals surface area contributed by atoms with Crippen molar-refractivity contribution < 1.29 is 9.59 Å². The van der Waals surface area contributed by atoms with E-state index in [-0.39, 0.29) is 29.1 Å². The van der Waals surface area contributed by atoms with E-state index in [1.807, 2.05) is 13.0 Å². The highest BCUT2D eigenvalue weighted by atomic mass is 16.2. The number of carbonyl (C=O) groups is 2. The molecule has 1 saturated carbocycles. The molecule has 1 N–H and O–H groups in total. The van der Waals surface area contributed by atoms with Crippen molar-refractivity contribution in [1.29, 1.82) is 0 Å². The van der Waals surface area contributed by atoms with Crippen LogP contribution >= 0.6 is 0 Å². The average molecular weight is 381 g/mol. The van der Waals surface area contributed by atoms with Gasteiger partial charge in [-0.2, -0.15) is 0 Å². The number of Topliss-reactive ketones (excluding diaryl/α,β-unsaturated/α-hetero) is 1. The molecule has 4 nitrogen and oxygen atoms in total. The summed E-state index contributed by atoms with van der Waals surface area (Å²) < 4.78 is 0. The van der Waals surface area contributed by atoms with Crippen molar-refractivity contribution in [2.45, 2.75) is 64.3 Å². The molecule has 1 aliphatic heterocycles. The zero-order valence-electron chi connectivity index (χ0n) is 17.5. The van der Waals surface area contributed by atoms with Gasteiger partial charge in [0.1, 0.15) is 5.71 Å². The summed E-state index contributed by atoms with van der Waals surface area (Å²) in [7, 11) is 1.60. The third-order valence-electron chi connectivity index (χ3n) is 6.74. The van der Waals surface area contributed by atoms with E-state index >= 15 is 0 Å². The largest absolute Gasteiger partial charge is 0.354 e. The summed E-state index contributed by atoms with van der Waals surface area (Å²) in [6, 6.07) is 10.4. The standard InChI is InChI=1S/C24H32N2O2/c1-5-16(2)17(3)22(27)19-15-21(23(28)25-4)26-20(19)11-12-24(13-14-24)18-9-7-6-8-10-18/h6-10,15-17,20H,5,11-14H2,1-4H3,(H,25,28)/t16-,17?,20?/m1/s1. The lowest BCUT2D eigenvalue weighted by Gasteiger charge is -2.22. The van der Waals surface area contributed by atoms with Crippen molar-refractivity contribution in [3.8, 4) is 0 Å². The Balaban J connectivity index is 1.77. The summed E-state index contributed by atoms with van der Waals surface area (Å²) in [5.74, 6) is 0.193. The molecule has 1 aromatic carbocycles. The SMILES string of the molecule is CC[C@@H](C)C(C)C(=O)C1=CC(C(=O)NC)=NC1CCC1(c2ccccc2)CC1. The minimum atomic E-state index is -0.215. The number of hydrogen-bond acceptors (Lipinski definition) is 3. The highest BCUT2D eigenvalue weighted by molar-refractivity contribution is 6.45. The van der Waals surface area contributed by atoms with Crippen molar-refractivity contribution in [2.24, 2.45) is 16.8 Å². The van der Waals surface area contributed by atoms with Crippen molar-refractivity contribution in [1.82, 2.24) is 5.32 Å². The van der Waals surface area contributed by atoms with Gasteiger partial charge < -0.3 is 5.32 Å². The van der Waals surface area contributed by atoms with Gasteiger partial charge in [0.15, 0.2) is 5.78 Å². The number of carbonyl (C=O) groups excluding carboxylic acids is 2. The van der Waals surface area contributed by atoms with Crippen LogP contribution in [0.25, 0.3) is 0 Å². The van der Waals surface area contributed by atoms with Gasteiger partial charge in [0.2, 0.25) is 0 Å². The summed E-state index contributed by atoms with van der Waals surface area (Å²) in [5.41, 5.74) is 2.71. The van der Waals surface area contributed by atoms with Crippen LogP contribution < -0.4 is 5.32 Å². The Hall–Kier alpha value is -2.23. The first-order chi connectivity index (χ1) is 13.4. The van der Waals surface area contributed by atoms with E-state index in [2.05, 4.69) is 48.4 Å². The summed E-state index contributed by atoms with van der Waals surface area (Å²) in [6.07, 6.45) is 6.87. The summed E-state index contributed by atoms with van der Waals surface area (Å²) >= 11 is 0. The lowest BCUT2D eigenvalue weighted by molar-refractivity contribution is -0.120. The van der Waals surface area contributed by atoms with Crippen LogP contribution in [0.5, 0.6) is 0 Å². The fourth-order valence-electron chi connectivity index (χ4n) is 4.14. The first-order valence-corrected chi connectivity index (χ1v) is 10.5. The van der Waals surface area contributed by atoms with E-state index in [4.69, 9.17) is 0 Å². The first kappa shape index (κ1) is 20.5. The molecule has 28 heavy (non-hydrogen) atoms. The molecule has 0 aromatic heterocycles. The number of hydrogen-bond donors (Lipinski definition) is 1. The maximum absolute atomic E-state index is 13.1. The smallest absolute Gasteiger partial charge is 0.269 e. The zero-order valence-corrected chi connectivity index (χ0v) is 17.5. The molecule has 1 fully saturated rings. The topological polar surface area (TPSA) is 58.5 Å². The Morgan fingerprint density at radius 1 is 1.21 bits per heavy atom. The molecule has 0 saturated heterocycles. The Bertz CT molecular complexity index is 790. The summed E-state index contributed by atoms with van der Waals surface area (Å²) in [6.45, 7) is 6.22. The molecule has 0 radical (unpaired) electrons. The first-order valence-electron chi connectivity index (χ1n) is 10.5. The Morgan fingerprint density at radius 3 is 2.46 bits per heavy atom. The molecule has 3 atom stereocenters. The van der Waals surface area contributed by atoms with Crippen LogP contribution in [0, 0.1) is 11.8 Å². The number of nitrogens with one attached hydrogen (secondary N) is 1. The lowest BCUT2D eigenvalue weighted by atomic mass is 9.82. The molecule has 0 spiro atoms. The van der Waals surface area contributed by atoms with Gasteiger partial charge in [0.25, 0.3) is 5.91 Å². The fraction of sp³-hybridized carbons (Fsp3) is 0.542. The van der Waals surface area contributed by atoms with Crippen molar-refractivity contribution >= 4 is 17.4 Å². The third-order valence-corrected chi connectivity index (χ3v) is 6.74. The molecule has 1 aliphatic carbocycles. The molecule has 4 heteroatoms. The predicted molar refractivity (Wildman–Crippen MR) is 114 cm³/mol. The summed E-state index contributed by atoms with van der Waals surface area (Å²) in [5, 5.41) is 2.64. The average Bonchev–Trinajstić information content (AvgIpc) is 3.42. The molecule has 1 amide bonds. The molecule has 2 aliphatic rings. The number of ketones is 1. The lowest BCUT2D eigenvalue weighted by Crippen LogP contribution is -2.25. The second-order valence-corrected chi connectivity index (χ2v) is 8.43. The van der Waals surface area contributed by atoms with Gasteiger partial charge in [0.05, 0.1) is 6.04 Å². The van der Waals surface area contributed by atoms with Gasteiger partial charge in [-0.3, -0.25) is 14.6 Å². The highest BCUT2D eigenvalue weighted by Crippen LogP contribution is 2.52. The maximum Gasteiger partial charge on any atom is 0.269 e. The predicted octanol–water partition coefficient (Wildman–Crippen LogP) is 4.25. The van der Waals surface area contributed by atoms with Crippen LogP contribution in [0.1, 0.15) is 58.4 Å². The van der Waals surface area contributed by atoms with Crippen molar-refractivity contribution in [3.05, 3.63) is 47.5 Å². The number of amides is 1. The molecule has 0 bridgehead atoms. The van der Waals surface area contributed by atoms with Crippen LogP contribution in [0.4, 0.5) is 0 Å². The van der Waals surface area contributed by atoms with E-state index in [1.54, 1.807) is 13.1 Å². The number of benzene rings is 1. The second kappa shape index (κ2) is 8.42. The summed E-state index contributed by atoms with van der Waals surface area (Å²) in [4.78, 5) is 29.9. The number of nitrogens with zero attached hydrogens (tertiary/aromatic N) is 1. The number of rotatable bonds is 9. The molecule has 1 heterocycles. The minimum absolute atomic E-state index is 0.0537. The van der Waals surface area contributed by atoms with Crippen LogP contribution in [0.2, 0.25) is 0 Å². The van der Waals surface area contributed by atoms with Crippen LogP contribution in [0.3, 0.4) is 0 Å². The van der Waals surface area contributed by atoms with E-state index in [0.717, 1.165) is 24.8 Å². The van der Waals surface area contributed by atoms with Gasteiger partial charge in [0, 0.05) is 18.5 Å². The zero-order chi connectivity index (χ0) is 20.3. The van der Waals surface area contributed by atoms with Crippen LogP contribution in [-0.4, -0.2) is 30.5 Å². The Labute approximate surface area is 168 Å². The van der Waals surface area contributed by atoms with Gasteiger partial charge in [-0.1, -0.05) is 57.5 Å². The quantitative estimate of drug-likeness (QED) is 0.696. The van der Waals surface area contributed by atoms with E-state index in [1.165, 1.54) is 18.4 Å². The molecule has 3 rings (SSSR count). The van der Waals surface area contributed by atoms with Crippen molar-refractivity contribution in [3.63, 3.8) is 0 Å². The normalized spacial score (nSPS) is 22.1. The van der Waals surface area contributed by atoms with E-state index in [9.17, 15) is 9.59 Å². The molecule has 1 aromatic rings. The second-order valence-electron chi connectivity index (χ2n) is 8.43. The maximum atomic E-state index is 13.1. The highest BCUT2D eigenvalue weighted by Gasteiger charge is 2.44. The van der Waals surface area contributed by atoms with Gasteiger partial charge >= 0.3 is 0 Å². The van der Waals surface area contributed by atoms with Gasteiger partial charge in [-0.05, 0) is 48.7 Å². The molecule has 2 unspecified atom stereocenters. The van der Waals surface area contributed by atoms with E-state index in [0.29, 0.717) is 11.6 Å². The molecule has 150 valence electrons. The van der Waals surface area contributed by atoms with Crippen LogP contribution in [-0.2, 0) is 15.0 Å². The van der Waals surface area contributed by atoms with E-state index < -0.39 is 0 Å². The Morgan fingerprint density at radius 2 is 1.89 bits per heavy atom. The van der Waals surface area contributed by atoms with Gasteiger partial charge in [-0.15, -0.1) is 0 Å².